The number of amides is 2. The van der Waals surface area contributed by atoms with Crippen LogP contribution in [0.2, 0.25) is 0 Å². The van der Waals surface area contributed by atoms with Gasteiger partial charge in [0, 0.05) is 6.54 Å². The number of hydrogen-bond donors (Lipinski definition) is 4. The fourth-order valence-electron chi connectivity index (χ4n) is 1.01. The van der Waals surface area contributed by atoms with E-state index < -0.39 is 23.3 Å². The van der Waals surface area contributed by atoms with Crippen LogP contribution in [-0.2, 0) is 9.59 Å². The third kappa shape index (κ3) is 3.94. The molecule has 0 aliphatic heterocycles. The molecule has 0 radical (unpaired) electrons. The molecule has 0 aromatic rings. The van der Waals surface area contributed by atoms with Gasteiger partial charge in [-0.2, -0.15) is 0 Å². The maximum Gasteiger partial charge on any atom is 0.331 e. The summed E-state index contributed by atoms with van der Waals surface area (Å²) in [6, 6.07) is -0.698. The Morgan fingerprint density at radius 1 is 1.40 bits per heavy atom. The summed E-state index contributed by atoms with van der Waals surface area (Å²) in [5.74, 6) is -1.98. The Bertz CT molecular complexity index is 263. The molecule has 0 spiro atoms. The highest BCUT2D eigenvalue weighted by Gasteiger charge is 2.38. The Morgan fingerprint density at radius 3 is 2.27 bits per heavy atom. The van der Waals surface area contributed by atoms with Crippen molar-refractivity contribution in [3.8, 4) is 0 Å². The van der Waals surface area contributed by atoms with E-state index in [1.54, 1.807) is 0 Å². The molecule has 0 saturated carbocycles. The molecule has 86 valence electrons. The van der Waals surface area contributed by atoms with Crippen LogP contribution in [-0.4, -0.2) is 35.0 Å². The number of carboxylic acid groups (broad SMARTS) is 1. The molecule has 0 saturated heterocycles. The number of aliphatic carboxylic acids is 1. The fourth-order valence-corrected chi connectivity index (χ4v) is 1.01. The van der Waals surface area contributed by atoms with Crippen molar-refractivity contribution >= 4 is 17.8 Å². The molecule has 0 aromatic heterocycles. The monoisotopic (exact) mass is 217 g/mol. The van der Waals surface area contributed by atoms with Crippen molar-refractivity contribution < 1.29 is 19.5 Å². The lowest BCUT2D eigenvalue weighted by Crippen LogP contribution is -2.54. The number of nitrogens with two attached hydrogens (primary N) is 2. The second kappa shape index (κ2) is 5.30. The van der Waals surface area contributed by atoms with Gasteiger partial charge in [0.05, 0.1) is 0 Å². The number of rotatable bonds is 6. The van der Waals surface area contributed by atoms with Gasteiger partial charge < -0.3 is 21.9 Å². The van der Waals surface area contributed by atoms with Crippen LogP contribution in [0.5, 0.6) is 0 Å². The number of nitrogens with one attached hydrogen (secondary N) is 1. The molecule has 7 nitrogen and oxygen atoms in total. The van der Waals surface area contributed by atoms with Gasteiger partial charge in [-0.15, -0.1) is 0 Å². The van der Waals surface area contributed by atoms with E-state index in [-0.39, 0.29) is 19.4 Å². The van der Waals surface area contributed by atoms with Crippen molar-refractivity contribution in [2.45, 2.75) is 25.3 Å². The summed E-state index contributed by atoms with van der Waals surface area (Å²) < 4.78 is 0. The van der Waals surface area contributed by atoms with E-state index in [4.69, 9.17) is 16.6 Å². The van der Waals surface area contributed by atoms with Crippen molar-refractivity contribution in [3.05, 3.63) is 0 Å². The van der Waals surface area contributed by atoms with E-state index in [2.05, 4.69) is 5.32 Å². The van der Waals surface area contributed by atoms with Gasteiger partial charge in [0.15, 0.2) is 11.3 Å². The minimum atomic E-state index is -1.88. The van der Waals surface area contributed by atoms with Gasteiger partial charge in [-0.25, -0.2) is 9.59 Å². The molecule has 0 fully saturated rings. The summed E-state index contributed by atoms with van der Waals surface area (Å²) in [6.07, 6.45) is 0.225. The van der Waals surface area contributed by atoms with Gasteiger partial charge in [0.2, 0.25) is 0 Å². The van der Waals surface area contributed by atoms with Crippen LogP contribution in [0.15, 0.2) is 0 Å². The average molecular weight is 217 g/mol. The molecule has 1 atom stereocenters. The maximum absolute atomic E-state index is 11.0. The zero-order valence-corrected chi connectivity index (χ0v) is 8.45. The molecule has 6 N–H and O–H groups in total. The molecular weight excluding hydrogens is 202 g/mol. The second-order valence-electron chi connectivity index (χ2n) is 3.23. The van der Waals surface area contributed by atoms with Crippen LogP contribution in [0.1, 0.15) is 19.8 Å². The van der Waals surface area contributed by atoms with Crippen LogP contribution in [0.4, 0.5) is 4.79 Å². The molecule has 7 heteroatoms. The largest absolute Gasteiger partial charge is 0.480 e. The molecule has 0 aromatic carbocycles. The Hall–Kier alpha value is -1.63. The number of carboxylic acids is 1. The Balaban J connectivity index is 4.15. The minimum Gasteiger partial charge on any atom is -0.480 e. The predicted octanol–water partition coefficient (Wildman–Crippen LogP) is -1.19. The van der Waals surface area contributed by atoms with Crippen molar-refractivity contribution in [2.75, 3.05) is 6.54 Å². The van der Waals surface area contributed by atoms with Gasteiger partial charge >= 0.3 is 12.0 Å². The molecule has 2 amide bonds. The lowest BCUT2D eigenvalue weighted by atomic mass is 9.90. The highest BCUT2D eigenvalue weighted by atomic mass is 16.4. The van der Waals surface area contributed by atoms with E-state index in [0.717, 1.165) is 6.92 Å². The SMILES string of the molecule is CC(=O)[C@](N)(CCCNC(N)=O)C(=O)O. The van der Waals surface area contributed by atoms with Gasteiger partial charge in [0.25, 0.3) is 0 Å². The van der Waals surface area contributed by atoms with Gasteiger partial charge in [-0.05, 0) is 19.8 Å². The Labute approximate surface area is 86.8 Å². The average Bonchev–Trinajstić information content (AvgIpc) is 2.10. The second-order valence-corrected chi connectivity index (χ2v) is 3.23. The maximum atomic E-state index is 11.0. The Morgan fingerprint density at radius 2 is 1.93 bits per heavy atom. The summed E-state index contributed by atoms with van der Waals surface area (Å²) in [4.78, 5) is 32.0. The lowest BCUT2D eigenvalue weighted by molar-refractivity contribution is -0.148. The standard InChI is InChI=1S/C8H15N3O4/c1-5(12)8(10,6(13)14)3-2-4-11-7(9)15/h2-4,10H2,1H3,(H,13,14)(H3,9,11,15)/t8-/m1/s1. The predicted molar refractivity (Wildman–Crippen MR) is 52.1 cm³/mol. The van der Waals surface area contributed by atoms with Crippen LogP contribution in [0.3, 0.4) is 0 Å². The Kier molecular flexibility index (Phi) is 4.72. The van der Waals surface area contributed by atoms with Crippen LogP contribution in [0, 0.1) is 0 Å². The van der Waals surface area contributed by atoms with E-state index in [0.29, 0.717) is 0 Å². The number of urea groups is 1. The highest BCUT2D eigenvalue weighted by Crippen LogP contribution is 2.11. The summed E-state index contributed by atoms with van der Waals surface area (Å²) in [6.45, 7) is 1.31. The van der Waals surface area contributed by atoms with Crippen molar-refractivity contribution in [2.24, 2.45) is 11.5 Å². The quantitative estimate of drug-likeness (QED) is 0.327. The normalized spacial score (nSPS) is 14.0. The molecule has 0 bridgehead atoms. The molecular formula is C8H15N3O4. The first-order chi connectivity index (χ1) is 6.80. The zero-order chi connectivity index (χ0) is 12.1. The molecule has 0 aliphatic rings. The van der Waals surface area contributed by atoms with Crippen molar-refractivity contribution in [1.82, 2.24) is 5.32 Å². The number of carbonyl (C=O) groups is 3. The van der Waals surface area contributed by atoms with Gasteiger partial charge in [0.1, 0.15) is 0 Å². The van der Waals surface area contributed by atoms with Crippen LogP contribution >= 0.6 is 0 Å². The number of Topliss-reactive ketones (excluding diaryl/α,β-unsaturated/α-hetero) is 1. The third-order valence-electron chi connectivity index (χ3n) is 2.06. The summed E-state index contributed by atoms with van der Waals surface area (Å²) in [7, 11) is 0. The lowest BCUT2D eigenvalue weighted by Gasteiger charge is -2.21. The number of carbonyl (C=O) groups excluding carboxylic acids is 2. The number of primary amides is 1. The van der Waals surface area contributed by atoms with E-state index in [1.165, 1.54) is 0 Å². The molecule has 15 heavy (non-hydrogen) atoms. The van der Waals surface area contributed by atoms with Crippen molar-refractivity contribution in [3.63, 3.8) is 0 Å². The molecule has 0 heterocycles. The first kappa shape index (κ1) is 13.4. The molecule has 0 unspecified atom stereocenters. The third-order valence-corrected chi connectivity index (χ3v) is 2.06. The number of ketones is 1. The highest BCUT2D eigenvalue weighted by molar-refractivity contribution is 6.06. The topological polar surface area (TPSA) is 136 Å². The first-order valence-corrected chi connectivity index (χ1v) is 4.37. The van der Waals surface area contributed by atoms with Crippen LogP contribution in [0.25, 0.3) is 0 Å². The summed E-state index contributed by atoms with van der Waals surface area (Å²) in [5.41, 5.74) is 8.33. The van der Waals surface area contributed by atoms with E-state index >= 15 is 0 Å². The summed E-state index contributed by atoms with van der Waals surface area (Å²) in [5, 5.41) is 11.0. The van der Waals surface area contributed by atoms with E-state index in [9.17, 15) is 14.4 Å². The first-order valence-electron chi connectivity index (χ1n) is 4.37. The smallest absolute Gasteiger partial charge is 0.331 e. The van der Waals surface area contributed by atoms with Gasteiger partial charge in [-0.3, -0.25) is 4.79 Å². The fraction of sp³-hybridized carbons (Fsp3) is 0.625. The van der Waals surface area contributed by atoms with Gasteiger partial charge in [-0.1, -0.05) is 0 Å². The summed E-state index contributed by atoms with van der Waals surface area (Å²) >= 11 is 0. The molecule has 0 rings (SSSR count). The van der Waals surface area contributed by atoms with E-state index in [1.807, 2.05) is 0 Å². The number of hydrogen-bond acceptors (Lipinski definition) is 4. The van der Waals surface area contributed by atoms with Crippen LogP contribution < -0.4 is 16.8 Å². The minimum absolute atomic E-state index is 0.0437. The zero-order valence-electron chi connectivity index (χ0n) is 8.45. The molecule has 0 aliphatic carbocycles. The van der Waals surface area contributed by atoms with Crippen molar-refractivity contribution in [1.29, 1.82) is 0 Å².